The van der Waals surface area contributed by atoms with E-state index < -0.39 is 0 Å². The quantitative estimate of drug-likeness (QED) is 0.300. The van der Waals surface area contributed by atoms with Gasteiger partial charge in [-0.15, -0.1) is 15.3 Å². The maximum absolute atomic E-state index is 4.82. The summed E-state index contributed by atoms with van der Waals surface area (Å²) < 4.78 is 2.10. The van der Waals surface area contributed by atoms with Crippen LogP contribution in [0.3, 0.4) is 0 Å². The monoisotopic (exact) mass is 408 g/mol. The first-order valence-electron chi connectivity index (χ1n) is 9.27. The first kappa shape index (κ1) is 19.2. The molecule has 1 unspecified atom stereocenters. The van der Waals surface area contributed by atoms with Gasteiger partial charge in [0.2, 0.25) is 5.84 Å². The van der Waals surface area contributed by atoms with Gasteiger partial charge in [-0.2, -0.15) is 0 Å². The molecule has 0 aromatic heterocycles. The van der Waals surface area contributed by atoms with Gasteiger partial charge in [-0.3, -0.25) is 0 Å². The second-order valence-electron chi connectivity index (χ2n) is 8.02. The third kappa shape index (κ3) is 3.84. The van der Waals surface area contributed by atoms with Crippen LogP contribution in [0, 0.1) is 19.3 Å². The Bertz CT molecular complexity index is 1020. The van der Waals surface area contributed by atoms with Gasteiger partial charge in [0, 0.05) is 14.6 Å². The number of aryl methyl sites for hydroxylation is 2. The van der Waals surface area contributed by atoms with E-state index in [2.05, 4.69) is 79.6 Å². The zero-order valence-corrected chi connectivity index (χ0v) is 18.4. The largest absolute Gasteiger partial charge is 0.210 e. The molecular weight excluding hydrogens is 384 g/mol. The van der Waals surface area contributed by atoms with Crippen LogP contribution in [-0.4, -0.2) is 10.7 Å². The molecule has 4 rings (SSSR count). The number of rotatable bonds is 2. The highest BCUT2D eigenvalue weighted by atomic mass is 33.1. The predicted octanol–water partition coefficient (Wildman–Crippen LogP) is 7.17. The van der Waals surface area contributed by atoms with Crippen molar-refractivity contribution < 1.29 is 0 Å². The van der Waals surface area contributed by atoms with Gasteiger partial charge >= 0.3 is 0 Å². The number of benzene rings is 2. The van der Waals surface area contributed by atoms with E-state index in [1.54, 1.807) is 0 Å². The lowest BCUT2D eigenvalue weighted by atomic mass is 9.95. The van der Waals surface area contributed by atoms with Gasteiger partial charge in [0.15, 0.2) is 0 Å². The van der Waals surface area contributed by atoms with Crippen molar-refractivity contribution in [1.29, 1.82) is 0 Å². The second kappa shape index (κ2) is 7.33. The molecule has 144 valence electrons. The molecule has 0 saturated carbocycles. The molecule has 0 aliphatic carbocycles. The fraction of sp³-hybridized carbons (Fsp3) is 0.273. The van der Waals surface area contributed by atoms with Crippen molar-refractivity contribution in [2.45, 2.75) is 34.6 Å². The Kier molecular flexibility index (Phi) is 5.02. The highest BCUT2D eigenvalue weighted by molar-refractivity contribution is 8.86. The molecule has 28 heavy (non-hydrogen) atoms. The summed E-state index contributed by atoms with van der Waals surface area (Å²) >= 11 is 0. The molecule has 0 bridgehead atoms. The molecule has 0 N–H and O–H groups in total. The molecule has 0 spiro atoms. The van der Waals surface area contributed by atoms with Gasteiger partial charge in [0.25, 0.3) is 0 Å². The fourth-order valence-corrected chi connectivity index (χ4v) is 7.26. The standard InChI is InChI=1S/C22H24N4S2/c1-15-6-10-17(11-7-15)23-24-21-19-14-20(22(3,4)5)27-28(19)26(25-21)18-12-8-16(2)9-13-18/h6-14H,1-5H3. The third-order valence-electron chi connectivity index (χ3n) is 4.47. The van der Waals surface area contributed by atoms with Crippen LogP contribution in [0.5, 0.6) is 0 Å². The molecule has 6 heteroatoms. The van der Waals surface area contributed by atoms with Crippen molar-refractivity contribution in [3.8, 4) is 0 Å². The fourth-order valence-electron chi connectivity index (χ4n) is 2.72. The molecular formula is C22H24N4S2. The maximum Gasteiger partial charge on any atom is 0.210 e. The SMILES string of the molecule is Cc1ccc(N=NC2=NN(c3ccc(C)cc3)S3=C2C=C(C(C)(C)C)S3)cc1. The van der Waals surface area contributed by atoms with Gasteiger partial charge in [-0.25, -0.2) is 4.41 Å². The first-order chi connectivity index (χ1) is 13.3. The van der Waals surface area contributed by atoms with Crippen molar-refractivity contribution in [2.75, 3.05) is 4.41 Å². The Morgan fingerprint density at radius 3 is 2.11 bits per heavy atom. The summed E-state index contributed by atoms with van der Waals surface area (Å²) in [4.78, 5) is 2.52. The lowest BCUT2D eigenvalue weighted by molar-refractivity contribution is 0.535. The van der Waals surface area contributed by atoms with E-state index >= 15 is 0 Å². The van der Waals surface area contributed by atoms with Crippen LogP contribution in [0.4, 0.5) is 11.4 Å². The van der Waals surface area contributed by atoms with E-state index in [1.807, 2.05) is 35.1 Å². The van der Waals surface area contributed by atoms with Gasteiger partial charge in [-0.1, -0.05) is 56.2 Å². The molecule has 2 aromatic rings. The highest BCUT2D eigenvalue weighted by Gasteiger charge is 2.35. The van der Waals surface area contributed by atoms with Crippen LogP contribution in [0.1, 0.15) is 31.9 Å². The van der Waals surface area contributed by atoms with Crippen molar-refractivity contribution in [3.05, 3.63) is 70.6 Å². The van der Waals surface area contributed by atoms with Crippen molar-refractivity contribution in [2.24, 2.45) is 20.7 Å². The topological polar surface area (TPSA) is 40.3 Å². The molecule has 0 saturated heterocycles. The molecule has 0 radical (unpaired) electrons. The molecule has 0 amide bonds. The number of anilines is 1. The summed E-state index contributed by atoms with van der Waals surface area (Å²) in [6.45, 7) is 10.9. The average molecular weight is 409 g/mol. The van der Waals surface area contributed by atoms with Crippen molar-refractivity contribution in [1.82, 2.24) is 0 Å². The van der Waals surface area contributed by atoms with Crippen molar-refractivity contribution >= 4 is 42.6 Å². The smallest absolute Gasteiger partial charge is 0.201 e. The Labute approximate surface area is 172 Å². The minimum atomic E-state index is -0.215. The zero-order valence-electron chi connectivity index (χ0n) is 16.8. The van der Waals surface area contributed by atoms with E-state index in [0.29, 0.717) is 5.84 Å². The minimum Gasteiger partial charge on any atom is -0.201 e. The van der Waals surface area contributed by atoms with Gasteiger partial charge in [0.1, 0.15) is 0 Å². The molecule has 4 nitrogen and oxygen atoms in total. The molecule has 2 aliphatic heterocycles. The normalized spacial score (nSPS) is 19.2. The van der Waals surface area contributed by atoms with Crippen LogP contribution in [0.15, 0.2) is 74.8 Å². The number of hydrazone groups is 1. The predicted molar refractivity (Wildman–Crippen MR) is 125 cm³/mol. The molecule has 2 aliphatic rings. The number of hydrogen-bond acceptors (Lipinski definition) is 5. The van der Waals surface area contributed by atoms with Gasteiger partial charge in [-0.05, 0) is 60.4 Å². The molecule has 0 fully saturated rings. The Morgan fingerprint density at radius 2 is 1.50 bits per heavy atom. The van der Waals surface area contributed by atoms with Crippen LogP contribution in [0.25, 0.3) is 0 Å². The highest BCUT2D eigenvalue weighted by Crippen LogP contribution is 2.56. The third-order valence-corrected chi connectivity index (χ3v) is 8.80. The maximum atomic E-state index is 4.82. The summed E-state index contributed by atoms with van der Waals surface area (Å²) in [5.41, 5.74) is 4.49. The summed E-state index contributed by atoms with van der Waals surface area (Å²) in [6, 6.07) is 16.6. The van der Waals surface area contributed by atoms with Gasteiger partial charge < -0.3 is 0 Å². The number of azo groups is 1. The Balaban J connectivity index is 1.70. The van der Waals surface area contributed by atoms with E-state index in [4.69, 9.17) is 5.10 Å². The van der Waals surface area contributed by atoms with Gasteiger partial charge in [0.05, 0.1) is 16.2 Å². The Hall–Kier alpha value is -2.18. The molecule has 2 heterocycles. The summed E-state index contributed by atoms with van der Waals surface area (Å²) in [7, 11) is 1.67. The second-order valence-corrected chi connectivity index (χ2v) is 11.4. The van der Waals surface area contributed by atoms with Crippen molar-refractivity contribution in [3.63, 3.8) is 0 Å². The Morgan fingerprint density at radius 1 is 0.893 bits per heavy atom. The van der Waals surface area contributed by atoms with E-state index in [-0.39, 0.29) is 15.1 Å². The van der Waals surface area contributed by atoms with Crippen LogP contribution in [0.2, 0.25) is 0 Å². The summed E-state index contributed by atoms with van der Waals surface area (Å²) in [5, 5.41) is 13.8. The van der Waals surface area contributed by atoms with Crippen LogP contribution in [-0.2, 0) is 0 Å². The molecule has 1 atom stereocenters. The molecule has 2 aromatic carbocycles. The number of amidine groups is 1. The minimum absolute atomic E-state index is 0.104. The number of hydrogen-bond donors (Lipinski definition) is 0. The number of allylic oxidation sites excluding steroid dienone is 1. The lowest BCUT2D eigenvalue weighted by Gasteiger charge is -2.23. The lowest BCUT2D eigenvalue weighted by Crippen LogP contribution is -2.10. The summed E-state index contributed by atoms with van der Waals surface area (Å²) in [5.74, 6) is 0.705. The first-order valence-corrected chi connectivity index (χ1v) is 11.8. The summed E-state index contributed by atoms with van der Waals surface area (Å²) in [6.07, 6.45) is 2.26. The average Bonchev–Trinajstić information content (AvgIpc) is 3.22. The number of nitrogens with zero attached hydrogens (tertiary/aromatic N) is 4. The van der Waals surface area contributed by atoms with Crippen LogP contribution >= 0.6 is 20.5 Å². The van der Waals surface area contributed by atoms with E-state index in [9.17, 15) is 0 Å². The van der Waals surface area contributed by atoms with E-state index in [1.165, 1.54) is 16.0 Å². The van der Waals surface area contributed by atoms with Crippen LogP contribution < -0.4 is 4.41 Å². The zero-order chi connectivity index (χ0) is 19.9. The van der Waals surface area contributed by atoms with E-state index in [0.717, 1.165) is 16.2 Å².